The van der Waals surface area contributed by atoms with E-state index in [4.69, 9.17) is 16.9 Å². The lowest BCUT2D eigenvalue weighted by Gasteiger charge is -2.22. The van der Waals surface area contributed by atoms with Gasteiger partial charge < -0.3 is 5.11 Å². The second kappa shape index (κ2) is 7.42. The van der Waals surface area contributed by atoms with Gasteiger partial charge in [0.1, 0.15) is 4.90 Å². The smallest absolute Gasteiger partial charge is 0.244 e. The van der Waals surface area contributed by atoms with E-state index in [1.807, 2.05) is 26.8 Å². The van der Waals surface area contributed by atoms with Crippen molar-refractivity contribution >= 4 is 21.6 Å². The Morgan fingerprint density at radius 3 is 2.55 bits per heavy atom. The van der Waals surface area contributed by atoms with Crippen molar-refractivity contribution in [1.29, 1.82) is 5.26 Å². The number of benzene rings is 1. The van der Waals surface area contributed by atoms with E-state index in [0.29, 0.717) is 18.5 Å². The van der Waals surface area contributed by atoms with Crippen LogP contribution in [0, 0.1) is 16.7 Å². The third kappa shape index (κ3) is 3.79. The summed E-state index contributed by atoms with van der Waals surface area (Å²) >= 11 is 5.97. The van der Waals surface area contributed by atoms with Crippen molar-refractivity contribution in [1.82, 2.24) is 4.31 Å². The molecule has 1 aromatic carbocycles. The van der Waals surface area contributed by atoms with Crippen molar-refractivity contribution in [3.8, 4) is 6.07 Å². The number of hydrogen-bond acceptors (Lipinski definition) is 4. The maximum absolute atomic E-state index is 12.5. The Kier molecular flexibility index (Phi) is 6.38. The number of nitriles is 1. The van der Waals surface area contributed by atoms with E-state index in [1.165, 1.54) is 22.5 Å². The molecule has 1 aromatic rings. The van der Waals surface area contributed by atoms with Crippen LogP contribution >= 0.6 is 11.6 Å². The van der Waals surface area contributed by atoms with Gasteiger partial charge in [0.25, 0.3) is 0 Å². The summed E-state index contributed by atoms with van der Waals surface area (Å²) in [7, 11) is -3.69. The molecule has 0 bridgehead atoms. The summed E-state index contributed by atoms with van der Waals surface area (Å²) in [6, 6.07) is 6.04. The fourth-order valence-corrected chi connectivity index (χ4v) is 4.34. The predicted octanol–water partition coefficient (Wildman–Crippen LogP) is 2.63. The molecule has 1 unspecified atom stereocenters. The summed E-state index contributed by atoms with van der Waals surface area (Å²) in [5.41, 5.74) is -0.0952. The fourth-order valence-electron chi connectivity index (χ4n) is 2.23. The molecule has 1 aliphatic rings. The molecule has 0 aliphatic carbocycles. The van der Waals surface area contributed by atoms with Gasteiger partial charge in [-0.3, -0.25) is 0 Å². The normalized spacial score (nSPS) is 21.8. The number of rotatable bonds is 3. The minimum Gasteiger partial charge on any atom is -0.396 e. The van der Waals surface area contributed by atoms with Crippen LogP contribution in [0.3, 0.4) is 0 Å². The van der Waals surface area contributed by atoms with E-state index >= 15 is 0 Å². The zero-order valence-corrected chi connectivity index (χ0v) is 14.6. The molecule has 0 spiro atoms. The summed E-state index contributed by atoms with van der Waals surface area (Å²) in [6.07, 6.45) is 0.608. The molecule has 1 fully saturated rings. The third-order valence-electron chi connectivity index (χ3n) is 3.58. The minimum atomic E-state index is -3.69. The Labute approximate surface area is 137 Å². The summed E-state index contributed by atoms with van der Waals surface area (Å²) in [5, 5.41) is 18.1. The monoisotopic (exact) mass is 344 g/mol. The molecule has 1 atom stereocenters. The fraction of sp³-hybridized carbons (Fsp3) is 0.533. The molecule has 1 aliphatic heterocycles. The highest BCUT2D eigenvalue weighted by molar-refractivity contribution is 7.89. The Morgan fingerprint density at radius 1 is 1.45 bits per heavy atom. The lowest BCUT2D eigenvalue weighted by Crippen LogP contribution is -2.32. The van der Waals surface area contributed by atoms with Crippen molar-refractivity contribution in [3.05, 3.63) is 28.8 Å². The Balaban J connectivity index is 0.00000116. The number of sulfonamides is 1. The number of aliphatic hydroxyl groups excluding tert-OH is 1. The van der Waals surface area contributed by atoms with Crippen LogP contribution in [0.15, 0.2) is 23.1 Å². The van der Waals surface area contributed by atoms with Crippen molar-refractivity contribution in [2.24, 2.45) is 5.41 Å². The molecular formula is C15H21ClN2O3S. The highest BCUT2D eigenvalue weighted by Crippen LogP contribution is 2.34. The van der Waals surface area contributed by atoms with Crippen LogP contribution in [0.4, 0.5) is 0 Å². The summed E-state index contributed by atoms with van der Waals surface area (Å²) in [5.74, 6) is 0. The average Bonchev–Trinajstić information content (AvgIpc) is 2.93. The predicted molar refractivity (Wildman–Crippen MR) is 86.1 cm³/mol. The molecule has 22 heavy (non-hydrogen) atoms. The zero-order chi connectivity index (χ0) is 17.0. The van der Waals surface area contributed by atoms with Crippen molar-refractivity contribution in [2.45, 2.75) is 32.1 Å². The first-order chi connectivity index (χ1) is 10.3. The summed E-state index contributed by atoms with van der Waals surface area (Å²) < 4.78 is 26.4. The molecule has 1 saturated heterocycles. The molecule has 122 valence electrons. The average molecular weight is 345 g/mol. The molecule has 0 radical (unpaired) electrons. The molecule has 1 heterocycles. The van der Waals surface area contributed by atoms with Crippen molar-refractivity contribution in [3.63, 3.8) is 0 Å². The van der Waals surface area contributed by atoms with E-state index in [1.54, 1.807) is 0 Å². The number of nitrogens with zero attached hydrogens (tertiary/aromatic N) is 2. The van der Waals surface area contributed by atoms with Gasteiger partial charge >= 0.3 is 0 Å². The van der Waals surface area contributed by atoms with Crippen LogP contribution < -0.4 is 0 Å². The first kappa shape index (κ1) is 18.9. The van der Waals surface area contributed by atoms with Crippen LogP contribution in [0.1, 0.15) is 32.8 Å². The van der Waals surface area contributed by atoms with Crippen LogP contribution in [0.2, 0.25) is 5.02 Å². The van der Waals surface area contributed by atoms with Crippen LogP contribution in [-0.4, -0.2) is 37.5 Å². The Morgan fingerprint density at radius 2 is 2.09 bits per heavy atom. The molecule has 2 rings (SSSR count). The molecule has 0 aromatic heterocycles. The van der Waals surface area contributed by atoms with Crippen molar-refractivity contribution < 1.29 is 13.5 Å². The van der Waals surface area contributed by atoms with Crippen LogP contribution in [0.25, 0.3) is 0 Å². The van der Waals surface area contributed by atoms with E-state index in [0.717, 1.165) is 0 Å². The highest BCUT2D eigenvalue weighted by Gasteiger charge is 2.40. The van der Waals surface area contributed by atoms with E-state index in [-0.39, 0.29) is 23.1 Å². The van der Waals surface area contributed by atoms with Gasteiger partial charge in [0, 0.05) is 25.1 Å². The zero-order valence-electron chi connectivity index (χ0n) is 13.0. The number of aliphatic hydroxyl groups is 1. The molecule has 0 saturated carbocycles. The lowest BCUT2D eigenvalue weighted by molar-refractivity contribution is 0.155. The first-order valence-corrected chi connectivity index (χ1v) is 8.95. The maximum atomic E-state index is 12.5. The van der Waals surface area contributed by atoms with Gasteiger partial charge in [0.2, 0.25) is 10.0 Å². The SMILES string of the molecule is CC.CC1(CO)CCN(S(=O)(=O)c2ccc(C#N)cc2Cl)C1. The Hall–Kier alpha value is -1.13. The van der Waals surface area contributed by atoms with Gasteiger partial charge in [0.05, 0.1) is 16.7 Å². The first-order valence-electron chi connectivity index (χ1n) is 7.13. The van der Waals surface area contributed by atoms with Gasteiger partial charge in [-0.2, -0.15) is 9.57 Å². The molecular weight excluding hydrogens is 324 g/mol. The molecule has 1 N–H and O–H groups in total. The summed E-state index contributed by atoms with van der Waals surface area (Å²) in [6.45, 7) is 6.42. The van der Waals surface area contributed by atoms with Gasteiger partial charge in [-0.05, 0) is 24.6 Å². The van der Waals surface area contributed by atoms with Crippen LogP contribution in [-0.2, 0) is 10.0 Å². The molecule has 5 nitrogen and oxygen atoms in total. The highest BCUT2D eigenvalue weighted by atomic mass is 35.5. The maximum Gasteiger partial charge on any atom is 0.244 e. The standard InChI is InChI=1S/C13H15ClN2O3S.C2H6/c1-13(9-17)4-5-16(8-13)20(18,19)12-3-2-10(7-15)6-11(12)14;1-2/h2-3,6,17H,4-5,8-9H2,1H3;1-2H3. The third-order valence-corrected chi connectivity index (χ3v) is 5.91. The largest absolute Gasteiger partial charge is 0.396 e. The van der Waals surface area contributed by atoms with Gasteiger partial charge in [0.15, 0.2) is 0 Å². The van der Waals surface area contributed by atoms with E-state index < -0.39 is 15.4 Å². The van der Waals surface area contributed by atoms with Gasteiger partial charge in [-0.1, -0.05) is 32.4 Å². The second-order valence-electron chi connectivity index (χ2n) is 5.31. The van der Waals surface area contributed by atoms with E-state index in [2.05, 4.69) is 0 Å². The van der Waals surface area contributed by atoms with E-state index in [9.17, 15) is 13.5 Å². The lowest BCUT2D eigenvalue weighted by atomic mass is 9.91. The molecule has 7 heteroatoms. The summed E-state index contributed by atoms with van der Waals surface area (Å²) in [4.78, 5) is 0.000330. The number of hydrogen-bond donors (Lipinski definition) is 1. The van der Waals surface area contributed by atoms with Crippen LogP contribution in [0.5, 0.6) is 0 Å². The van der Waals surface area contributed by atoms with Crippen molar-refractivity contribution in [2.75, 3.05) is 19.7 Å². The van der Waals surface area contributed by atoms with Gasteiger partial charge in [-0.15, -0.1) is 0 Å². The molecule has 0 amide bonds. The Bertz CT molecular complexity index is 670. The second-order valence-corrected chi connectivity index (χ2v) is 7.63. The quantitative estimate of drug-likeness (QED) is 0.913. The topological polar surface area (TPSA) is 81.4 Å². The van der Waals surface area contributed by atoms with Gasteiger partial charge in [-0.25, -0.2) is 8.42 Å². The number of halogens is 1. The minimum absolute atomic E-state index is 0.000330.